The second-order valence-electron chi connectivity index (χ2n) is 3.85. The molecule has 0 heterocycles. The SMILES string of the molecule is Brc1cc(Br)cc(C[CH]c2cc(Br)ccc2Br)c1. The topological polar surface area (TPSA) is 0 Å². The van der Waals surface area contributed by atoms with E-state index in [2.05, 4.69) is 88.3 Å². The highest BCUT2D eigenvalue weighted by molar-refractivity contribution is 9.11. The van der Waals surface area contributed by atoms with Crippen LogP contribution in [0.2, 0.25) is 0 Å². The number of benzene rings is 2. The normalized spacial score (nSPS) is 10.7. The quantitative estimate of drug-likeness (QED) is 0.453. The summed E-state index contributed by atoms with van der Waals surface area (Å²) in [6.07, 6.45) is 3.11. The van der Waals surface area contributed by atoms with E-state index in [9.17, 15) is 0 Å². The minimum absolute atomic E-state index is 0.896. The molecule has 0 aliphatic carbocycles. The van der Waals surface area contributed by atoms with Crippen molar-refractivity contribution in [1.29, 1.82) is 0 Å². The van der Waals surface area contributed by atoms with Crippen molar-refractivity contribution in [2.24, 2.45) is 0 Å². The number of hydrogen-bond donors (Lipinski definition) is 0. The lowest BCUT2D eigenvalue weighted by atomic mass is 10.0. The summed E-state index contributed by atoms with van der Waals surface area (Å²) >= 11 is 14.1. The van der Waals surface area contributed by atoms with Crippen molar-refractivity contribution in [2.75, 3.05) is 0 Å². The van der Waals surface area contributed by atoms with Gasteiger partial charge in [0.05, 0.1) is 0 Å². The van der Waals surface area contributed by atoms with E-state index in [1.165, 1.54) is 11.1 Å². The smallest absolute Gasteiger partial charge is 0.0211 e. The molecule has 0 N–H and O–H groups in total. The maximum absolute atomic E-state index is 3.56. The third-order valence-corrected chi connectivity index (χ3v) is 4.57. The first kappa shape index (κ1) is 14.8. The number of halogens is 4. The second-order valence-corrected chi connectivity index (χ2v) is 7.45. The fraction of sp³-hybridized carbons (Fsp3) is 0.0714. The van der Waals surface area contributed by atoms with Crippen LogP contribution in [0.25, 0.3) is 0 Å². The van der Waals surface area contributed by atoms with Gasteiger partial charge >= 0.3 is 0 Å². The molecule has 0 unspecified atom stereocenters. The highest BCUT2D eigenvalue weighted by Gasteiger charge is 2.03. The fourth-order valence-corrected chi connectivity index (χ4v) is 3.80. The Morgan fingerprint density at radius 3 is 2.11 bits per heavy atom. The number of hydrogen-bond acceptors (Lipinski definition) is 0. The highest BCUT2D eigenvalue weighted by atomic mass is 79.9. The first-order valence-corrected chi connectivity index (χ1v) is 8.45. The number of rotatable bonds is 3. The lowest BCUT2D eigenvalue weighted by molar-refractivity contribution is 1.15. The fourth-order valence-electron chi connectivity index (χ4n) is 1.63. The molecule has 0 aliphatic heterocycles. The average molecular weight is 497 g/mol. The summed E-state index contributed by atoms with van der Waals surface area (Å²) in [4.78, 5) is 0. The third-order valence-electron chi connectivity index (χ3n) is 2.44. The predicted molar refractivity (Wildman–Crippen MR) is 90.8 cm³/mol. The zero-order valence-electron chi connectivity index (χ0n) is 9.26. The molecule has 4 heteroatoms. The minimum Gasteiger partial charge on any atom is -0.0508 e. The van der Waals surface area contributed by atoms with Crippen LogP contribution in [0.5, 0.6) is 0 Å². The van der Waals surface area contributed by atoms with Crippen molar-refractivity contribution in [3.8, 4) is 0 Å². The second kappa shape index (κ2) is 6.69. The van der Waals surface area contributed by atoms with E-state index in [1.807, 2.05) is 18.2 Å². The van der Waals surface area contributed by atoms with E-state index >= 15 is 0 Å². The zero-order valence-corrected chi connectivity index (χ0v) is 15.6. The van der Waals surface area contributed by atoms with Gasteiger partial charge in [-0.3, -0.25) is 0 Å². The molecule has 0 aromatic heterocycles. The molecule has 0 atom stereocenters. The van der Waals surface area contributed by atoms with Gasteiger partial charge in [-0.1, -0.05) is 63.7 Å². The molecule has 0 fully saturated rings. The molecule has 0 nitrogen and oxygen atoms in total. The predicted octanol–water partition coefficient (Wildman–Crippen LogP) is 6.53. The average Bonchev–Trinajstić information content (AvgIpc) is 2.29. The van der Waals surface area contributed by atoms with Crippen LogP contribution in [0.1, 0.15) is 11.1 Å². The molecule has 0 bridgehead atoms. The molecule has 2 aromatic rings. The van der Waals surface area contributed by atoms with Gasteiger partial charge in [-0.2, -0.15) is 0 Å². The molecule has 0 saturated carbocycles. The van der Waals surface area contributed by atoms with Crippen LogP contribution < -0.4 is 0 Å². The summed E-state index contributed by atoms with van der Waals surface area (Å²) in [5.74, 6) is 0. The van der Waals surface area contributed by atoms with Gasteiger partial charge in [0.15, 0.2) is 0 Å². The molecule has 0 amide bonds. The van der Waals surface area contributed by atoms with Crippen LogP contribution in [0, 0.1) is 6.42 Å². The minimum atomic E-state index is 0.896. The zero-order chi connectivity index (χ0) is 13.1. The van der Waals surface area contributed by atoms with Crippen molar-refractivity contribution in [2.45, 2.75) is 6.42 Å². The Morgan fingerprint density at radius 2 is 1.44 bits per heavy atom. The van der Waals surface area contributed by atoms with Gasteiger partial charge in [0.1, 0.15) is 0 Å². The van der Waals surface area contributed by atoms with Crippen LogP contribution in [0.15, 0.2) is 54.3 Å². The first-order chi connectivity index (χ1) is 8.54. The van der Waals surface area contributed by atoms with Crippen LogP contribution in [0.4, 0.5) is 0 Å². The van der Waals surface area contributed by atoms with Crippen molar-refractivity contribution < 1.29 is 0 Å². The molecule has 0 spiro atoms. The van der Waals surface area contributed by atoms with Gasteiger partial charge < -0.3 is 0 Å². The molecule has 1 radical (unpaired) electrons. The summed E-state index contributed by atoms with van der Waals surface area (Å²) in [6, 6.07) is 12.5. The molecule has 2 aromatic carbocycles. The monoisotopic (exact) mass is 493 g/mol. The molecule has 2 rings (SSSR count). The lowest BCUT2D eigenvalue weighted by Gasteiger charge is -2.06. The van der Waals surface area contributed by atoms with E-state index < -0.39 is 0 Å². The van der Waals surface area contributed by atoms with Gasteiger partial charge in [0.2, 0.25) is 0 Å². The molecule has 0 aliphatic rings. The Bertz CT molecular complexity index is 543. The van der Waals surface area contributed by atoms with Crippen molar-refractivity contribution >= 4 is 63.7 Å². The summed E-state index contributed by atoms with van der Waals surface area (Å²) in [5.41, 5.74) is 2.46. The Kier molecular flexibility index (Phi) is 5.48. The van der Waals surface area contributed by atoms with Gasteiger partial charge in [-0.15, -0.1) is 0 Å². The molecule has 18 heavy (non-hydrogen) atoms. The van der Waals surface area contributed by atoms with E-state index in [0.717, 1.165) is 24.3 Å². The van der Waals surface area contributed by atoms with Gasteiger partial charge in [-0.05, 0) is 60.4 Å². The lowest BCUT2D eigenvalue weighted by Crippen LogP contribution is -1.90. The Labute approximate surface area is 141 Å². The van der Waals surface area contributed by atoms with Crippen molar-refractivity contribution in [3.63, 3.8) is 0 Å². The molecule has 93 valence electrons. The van der Waals surface area contributed by atoms with E-state index in [-0.39, 0.29) is 0 Å². The first-order valence-electron chi connectivity index (χ1n) is 5.28. The standard InChI is InChI=1S/C14H9Br4/c15-11-3-4-14(18)10(7-11)2-1-9-5-12(16)8-13(17)6-9/h2-8H,1H2. The maximum atomic E-state index is 3.56. The van der Waals surface area contributed by atoms with Gasteiger partial charge in [-0.25, -0.2) is 0 Å². The largest absolute Gasteiger partial charge is 0.0508 e. The maximum Gasteiger partial charge on any atom is 0.0211 e. The van der Waals surface area contributed by atoms with E-state index in [4.69, 9.17) is 0 Å². The van der Waals surface area contributed by atoms with Crippen LogP contribution in [-0.2, 0) is 6.42 Å². The third kappa shape index (κ3) is 4.19. The van der Waals surface area contributed by atoms with Gasteiger partial charge in [0.25, 0.3) is 0 Å². The molecular formula is C14H9Br4. The van der Waals surface area contributed by atoms with Gasteiger partial charge in [0, 0.05) is 17.9 Å². The summed E-state index contributed by atoms with van der Waals surface area (Å²) in [6.45, 7) is 0. The van der Waals surface area contributed by atoms with Crippen LogP contribution in [-0.4, -0.2) is 0 Å². The summed E-state index contributed by atoms with van der Waals surface area (Å²) in [7, 11) is 0. The van der Waals surface area contributed by atoms with Crippen molar-refractivity contribution in [1.82, 2.24) is 0 Å². The van der Waals surface area contributed by atoms with E-state index in [1.54, 1.807) is 0 Å². The summed E-state index contributed by atoms with van der Waals surface area (Å²) in [5, 5.41) is 0. The van der Waals surface area contributed by atoms with Crippen LogP contribution >= 0.6 is 63.7 Å². The van der Waals surface area contributed by atoms with E-state index in [0.29, 0.717) is 0 Å². The van der Waals surface area contributed by atoms with Crippen molar-refractivity contribution in [3.05, 3.63) is 71.8 Å². The Hall–Kier alpha value is 0.360. The molecular weight excluding hydrogens is 488 g/mol. The summed E-state index contributed by atoms with van der Waals surface area (Å²) < 4.78 is 4.38. The van der Waals surface area contributed by atoms with Crippen LogP contribution in [0.3, 0.4) is 0 Å². The Balaban J connectivity index is 2.13. The molecule has 0 saturated heterocycles. The Morgan fingerprint density at radius 1 is 0.778 bits per heavy atom. The highest BCUT2D eigenvalue weighted by Crippen LogP contribution is 2.26.